The van der Waals surface area contributed by atoms with Crippen molar-refractivity contribution in [3.05, 3.63) is 18.5 Å². The molecule has 0 saturated heterocycles. The predicted molar refractivity (Wildman–Crippen MR) is 65.2 cm³/mol. The Balaban J connectivity index is 2.27. The Bertz CT molecular complexity index is 282. The second-order valence-corrected chi connectivity index (χ2v) is 4.90. The lowest BCUT2D eigenvalue weighted by Crippen LogP contribution is -2.44. The average Bonchev–Trinajstić information content (AvgIpc) is 2.68. The standard InChI is InChI=1S/C12H23N3O/c1-4-6-12(2,3)13-9-11(16)10-15-8-5-7-14-15/h5,7-8,11,13,16H,4,6,9-10H2,1-3H3. The van der Waals surface area contributed by atoms with Crippen LogP contribution in [0.1, 0.15) is 33.6 Å². The van der Waals surface area contributed by atoms with Gasteiger partial charge in [-0.05, 0) is 26.3 Å². The molecule has 1 heterocycles. The van der Waals surface area contributed by atoms with Crippen molar-refractivity contribution in [1.29, 1.82) is 0 Å². The fourth-order valence-electron chi connectivity index (χ4n) is 1.80. The lowest BCUT2D eigenvalue weighted by atomic mass is 9.99. The Kier molecular flexibility index (Phi) is 4.96. The van der Waals surface area contributed by atoms with E-state index in [9.17, 15) is 5.11 Å². The first-order chi connectivity index (χ1) is 7.53. The molecule has 0 radical (unpaired) electrons. The van der Waals surface area contributed by atoms with Gasteiger partial charge in [0.25, 0.3) is 0 Å². The van der Waals surface area contributed by atoms with Gasteiger partial charge >= 0.3 is 0 Å². The summed E-state index contributed by atoms with van der Waals surface area (Å²) in [5.74, 6) is 0. The fourth-order valence-corrected chi connectivity index (χ4v) is 1.80. The maximum absolute atomic E-state index is 9.83. The van der Waals surface area contributed by atoms with Gasteiger partial charge in [0.1, 0.15) is 0 Å². The number of hydrogen-bond donors (Lipinski definition) is 2. The zero-order valence-corrected chi connectivity index (χ0v) is 10.5. The smallest absolute Gasteiger partial charge is 0.0860 e. The van der Waals surface area contributed by atoms with E-state index in [0.717, 1.165) is 12.8 Å². The van der Waals surface area contributed by atoms with Gasteiger partial charge in [0, 0.05) is 24.5 Å². The zero-order chi connectivity index (χ0) is 12.0. The van der Waals surface area contributed by atoms with E-state index in [4.69, 9.17) is 0 Å². The SMILES string of the molecule is CCCC(C)(C)NCC(O)Cn1cccn1. The minimum atomic E-state index is -0.393. The second-order valence-electron chi connectivity index (χ2n) is 4.90. The first-order valence-electron chi connectivity index (χ1n) is 5.94. The van der Waals surface area contributed by atoms with E-state index in [2.05, 4.69) is 31.2 Å². The van der Waals surface area contributed by atoms with Crippen LogP contribution in [0.15, 0.2) is 18.5 Å². The molecule has 4 nitrogen and oxygen atoms in total. The van der Waals surface area contributed by atoms with E-state index in [1.54, 1.807) is 10.9 Å². The van der Waals surface area contributed by atoms with Gasteiger partial charge in [0.2, 0.25) is 0 Å². The third-order valence-corrected chi connectivity index (χ3v) is 2.65. The van der Waals surface area contributed by atoms with Gasteiger partial charge in [-0.2, -0.15) is 5.10 Å². The number of nitrogens with zero attached hydrogens (tertiary/aromatic N) is 2. The van der Waals surface area contributed by atoms with E-state index in [1.807, 2.05) is 12.3 Å². The summed E-state index contributed by atoms with van der Waals surface area (Å²) >= 11 is 0. The van der Waals surface area contributed by atoms with Crippen LogP contribution >= 0.6 is 0 Å². The monoisotopic (exact) mass is 225 g/mol. The van der Waals surface area contributed by atoms with Gasteiger partial charge in [0.05, 0.1) is 12.6 Å². The maximum Gasteiger partial charge on any atom is 0.0860 e. The molecule has 0 aliphatic carbocycles. The van der Waals surface area contributed by atoms with Crippen molar-refractivity contribution in [3.8, 4) is 0 Å². The highest BCUT2D eigenvalue weighted by molar-refractivity contribution is 4.81. The third kappa shape index (κ3) is 4.77. The molecule has 1 unspecified atom stereocenters. The Labute approximate surface area is 97.7 Å². The number of aliphatic hydroxyl groups excluding tert-OH is 1. The highest BCUT2D eigenvalue weighted by atomic mass is 16.3. The van der Waals surface area contributed by atoms with Crippen molar-refractivity contribution < 1.29 is 5.11 Å². The molecule has 1 aromatic heterocycles. The molecule has 92 valence electrons. The van der Waals surface area contributed by atoms with Gasteiger partial charge in [-0.1, -0.05) is 13.3 Å². The van der Waals surface area contributed by atoms with Crippen LogP contribution < -0.4 is 5.32 Å². The number of rotatable bonds is 7. The van der Waals surface area contributed by atoms with E-state index >= 15 is 0 Å². The van der Waals surface area contributed by atoms with E-state index in [1.165, 1.54) is 0 Å². The summed E-state index contributed by atoms with van der Waals surface area (Å²) in [5, 5.41) is 17.3. The van der Waals surface area contributed by atoms with E-state index < -0.39 is 6.10 Å². The minimum Gasteiger partial charge on any atom is -0.390 e. The lowest BCUT2D eigenvalue weighted by Gasteiger charge is -2.27. The van der Waals surface area contributed by atoms with Crippen molar-refractivity contribution in [1.82, 2.24) is 15.1 Å². The van der Waals surface area contributed by atoms with Crippen LogP contribution in [0, 0.1) is 0 Å². The summed E-state index contributed by atoms with van der Waals surface area (Å²) < 4.78 is 1.75. The summed E-state index contributed by atoms with van der Waals surface area (Å²) in [5.41, 5.74) is 0.0971. The van der Waals surface area contributed by atoms with Crippen molar-refractivity contribution in [3.63, 3.8) is 0 Å². The molecule has 16 heavy (non-hydrogen) atoms. The van der Waals surface area contributed by atoms with Gasteiger partial charge in [0.15, 0.2) is 0 Å². The van der Waals surface area contributed by atoms with Crippen LogP contribution in [0.25, 0.3) is 0 Å². The van der Waals surface area contributed by atoms with E-state index in [-0.39, 0.29) is 5.54 Å². The molecule has 0 amide bonds. The van der Waals surface area contributed by atoms with Crippen LogP contribution in [0.3, 0.4) is 0 Å². The Hall–Kier alpha value is -0.870. The Morgan fingerprint density at radius 3 is 2.81 bits per heavy atom. The summed E-state index contributed by atoms with van der Waals surface area (Å²) in [7, 11) is 0. The topological polar surface area (TPSA) is 50.1 Å². The normalized spacial score (nSPS) is 14.0. The molecule has 0 aliphatic rings. The summed E-state index contributed by atoms with van der Waals surface area (Å²) in [6, 6.07) is 1.86. The van der Waals surface area contributed by atoms with Crippen LogP contribution in [-0.2, 0) is 6.54 Å². The first-order valence-corrected chi connectivity index (χ1v) is 5.94. The van der Waals surface area contributed by atoms with Crippen LogP contribution in [-0.4, -0.2) is 33.1 Å². The summed E-state index contributed by atoms with van der Waals surface area (Å²) in [6.07, 6.45) is 5.45. The predicted octanol–water partition coefficient (Wildman–Crippen LogP) is 1.41. The van der Waals surface area contributed by atoms with Gasteiger partial charge < -0.3 is 10.4 Å². The van der Waals surface area contributed by atoms with Crippen LogP contribution in [0.4, 0.5) is 0 Å². The third-order valence-electron chi connectivity index (χ3n) is 2.65. The number of aromatic nitrogens is 2. The van der Waals surface area contributed by atoms with Crippen LogP contribution in [0.2, 0.25) is 0 Å². The highest BCUT2D eigenvalue weighted by Gasteiger charge is 2.17. The maximum atomic E-state index is 9.83. The molecular formula is C12H23N3O. The second kappa shape index (κ2) is 6.01. The van der Waals surface area contributed by atoms with Gasteiger partial charge in [-0.25, -0.2) is 0 Å². The van der Waals surface area contributed by atoms with Crippen molar-refractivity contribution in [2.45, 2.75) is 51.8 Å². The van der Waals surface area contributed by atoms with Crippen molar-refractivity contribution in [2.75, 3.05) is 6.54 Å². The van der Waals surface area contributed by atoms with E-state index in [0.29, 0.717) is 13.1 Å². The molecule has 1 rings (SSSR count). The molecule has 1 atom stereocenters. The largest absolute Gasteiger partial charge is 0.390 e. The molecular weight excluding hydrogens is 202 g/mol. The Morgan fingerprint density at radius 2 is 2.25 bits per heavy atom. The molecule has 0 saturated carbocycles. The van der Waals surface area contributed by atoms with Crippen molar-refractivity contribution in [2.24, 2.45) is 0 Å². The molecule has 0 aliphatic heterocycles. The van der Waals surface area contributed by atoms with Crippen molar-refractivity contribution >= 4 is 0 Å². The number of β-amino-alcohol motifs (C(OH)–C–C–N with tert-alkyl or cyclic N) is 1. The lowest BCUT2D eigenvalue weighted by molar-refractivity contribution is 0.134. The number of nitrogens with one attached hydrogen (secondary N) is 1. The summed E-state index contributed by atoms with van der Waals surface area (Å²) in [4.78, 5) is 0. The molecule has 1 aromatic rings. The summed E-state index contributed by atoms with van der Waals surface area (Å²) in [6.45, 7) is 7.65. The quantitative estimate of drug-likeness (QED) is 0.737. The van der Waals surface area contributed by atoms with Gasteiger partial charge in [-0.3, -0.25) is 4.68 Å². The minimum absolute atomic E-state index is 0.0971. The molecule has 2 N–H and O–H groups in total. The molecule has 0 fully saturated rings. The average molecular weight is 225 g/mol. The highest BCUT2D eigenvalue weighted by Crippen LogP contribution is 2.10. The van der Waals surface area contributed by atoms with Gasteiger partial charge in [-0.15, -0.1) is 0 Å². The molecule has 4 heteroatoms. The number of aliphatic hydroxyl groups is 1. The zero-order valence-electron chi connectivity index (χ0n) is 10.5. The fraction of sp³-hybridized carbons (Fsp3) is 0.750. The number of hydrogen-bond acceptors (Lipinski definition) is 3. The molecule has 0 aromatic carbocycles. The Morgan fingerprint density at radius 1 is 1.50 bits per heavy atom. The molecule has 0 spiro atoms. The molecule has 0 bridgehead atoms. The van der Waals surface area contributed by atoms with Crippen LogP contribution in [0.5, 0.6) is 0 Å². The first kappa shape index (κ1) is 13.2.